The van der Waals surface area contributed by atoms with Gasteiger partial charge in [0.05, 0.1) is 17.8 Å². The van der Waals surface area contributed by atoms with Crippen molar-refractivity contribution in [2.24, 2.45) is 5.92 Å². The summed E-state index contributed by atoms with van der Waals surface area (Å²) in [5.74, 6) is -0.0958. The maximum Gasteiger partial charge on any atom is 0.226 e. The monoisotopic (exact) mass is 594 g/mol. The lowest BCUT2D eigenvalue weighted by Crippen LogP contribution is -2.29. The van der Waals surface area contributed by atoms with Crippen LogP contribution in [0.15, 0.2) is 72.9 Å². The van der Waals surface area contributed by atoms with E-state index in [1.54, 1.807) is 0 Å². The molecule has 5 rings (SSSR count). The molecule has 0 bridgehead atoms. The molecular formula is C35H42N6OS. The number of nitrogens with zero attached hydrogens (tertiary/aromatic N) is 4. The van der Waals surface area contributed by atoms with Crippen molar-refractivity contribution in [3.05, 3.63) is 101 Å². The van der Waals surface area contributed by atoms with Gasteiger partial charge in [-0.15, -0.1) is 0 Å². The number of thiocarbonyl (C=S) groups is 1. The molecule has 3 heterocycles. The standard InChI is InChI=1S/C35H42N6OS/c1-8-39(9-2)26-13-15-27(16-14-26)40-24(6)21-29(25(40)7)33-32(31-12-10-11-19-36-31)38-35(43)41(33)28-17-18-30(23(5)20-28)37-34(42)22(3)4/h10-22,32-33H,8-9H2,1-7H3,(H,37,42)(H,38,43)/t32-,33+/m1/s1. The molecule has 1 saturated heterocycles. The van der Waals surface area contributed by atoms with Crippen LogP contribution in [0.25, 0.3) is 5.69 Å². The maximum absolute atomic E-state index is 12.4. The zero-order chi connectivity index (χ0) is 30.8. The van der Waals surface area contributed by atoms with Crippen molar-refractivity contribution in [2.75, 3.05) is 28.2 Å². The highest BCUT2D eigenvalue weighted by Crippen LogP contribution is 2.44. The molecule has 1 aliphatic heterocycles. The van der Waals surface area contributed by atoms with Gasteiger partial charge in [0.25, 0.3) is 0 Å². The first kappa shape index (κ1) is 30.3. The lowest BCUT2D eigenvalue weighted by Gasteiger charge is -2.29. The Morgan fingerprint density at radius 3 is 2.30 bits per heavy atom. The number of aryl methyl sites for hydroxylation is 2. The molecule has 0 saturated carbocycles. The summed E-state index contributed by atoms with van der Waals surface area (Å²) in [5, 5.41) is 7.28. The van der Waals surface area contributed by atoms with Gasteiger partial charge < -0.3 is 25.0 Å². The summed E-state index contributed by atoms with van der Waals surface area (Å²) in [6, 6.07) is 22.9. The molecule has 2 N–H and O–H groups in total. The van der Waals surface area contributed by atoms with Crippen LogP contribution in [-0.2, 0) is 4.79 Å². The highest BCUT2D eigenvalue weighted by molar-refractivity contribution is 7.80. The van der Waals surface area contributed by atoms with Crippen LogP contribution in [0.2, 0.25) is 0 Å². The van der Waals surface area contributed by atoms with Gasteiger partial charge in [-0.2, -0.15) is 0 Å². The number of hydrogen-bond acceptors (Lipinski definition) is 4. The summed E-state index contributed by atoms with van der Waals surface area (Å²) in [4.78, 5) is 21.7. The summed E-state index contributed by atoms with van der Waals surface area (Å²) in [7, 11) is 0. The van der Waals surface area contributed by atoms with Crippen molar-refractivity contribution < 1.29 is 4.79 Å². The van der Waals surface area contributed by atoms with Crippen LogP contribution in [0.3, 0.4) is 0 Å². The van der Waals surface area contributed by atoms with Crippen LogP contribution in [0.1, 0.15) is 68.0 Å². The van der Waals surface area contributed by atoms with Gasteiger partial charge in [0.1, 0.15) is 0 Å². The fourth-order valence-corrected chi connectivity index (χ4v) is 6.40. The molecule has 0 unspecified atom stereocenters. The van der Waals surface area contributed by atoms with E-state index in [9.17, 15) is 4.79 Å². The smallest absolute Gasteiger partial charge is 0.226 e. The van der Waals surface area contributed by atoms with E-state index in [0.717, 1.165) is 52.8 Å². The first-order valence-electron chi connectivity index (χ1n) is 15.1. The fourth-order valence-electron chi connectivity index (χ4n) is 6.05. The number of amides is 1. The van der Waals surface area contributed by atoms with Gasteiger partial charge in [0, 0.05) is 59.3 Å². The van der Waals surface area contributed by atoms with Crippen molar-refractivity contribution >= 4 is 40.3 Å². The Bertz CT molecular complexity index is 1610. The van der Waals surface area contributed by atoms with E-state index in [1.807, 2.05) is 51.2 Å². The largest absolute Gasteiger partial charge is 0.372 e. The maximum atomic E-state index is 12.4. The van der Waals surface area contributed by atoms with Crippen molar-refractivity contribution in [1.29, 1.82) is 0 Å². The SMILES string of the molecule is CCN(CC)c1ccc(-n2c(C)cc([C@H]3[C@@H](c4ccccn4)NC(=S)N3c3ccc(NC(=O)C(C)C)c(C)c3)c2C)cc1. The number of anilines is 3. The van der Waals surface area contributed by atoms with Gasteiger partial charge in [0.2, 0.25) is 5.91 Å². The van der Waals surface area contributed by atoms with Crippen LogP contribution < -0.4 is 20.4 Å². The van der Waals surface area contributed by atoms with E-state index < -0.39 is 0 Å². The summed E-state index contributed by atoms with van der Waals surface area (Å²) < 4.78 is 2.33. The van der Waals surface area contributed by atoms with Crippen LogP contribution in [0.4, 0.5) is 17.1 Å². The number of rotatable bonds is 9. The average molecular weight is 595 g/mol. The van der Waals surface area contributed by atoms with Crippen LogP contribution in [0, 0.1) is 26.7 Å². The predicted molar refractivity (Wildman–Crippen MR) is 181 cm³/mol. The first-order chi connectivity index (χ1) is 20.6. The number of nitrogens with one attached hydrogen (secondary N) is 2. The van der Waals surface area contributed by atoms with Crippen molar-refractivity contribution in [3.8, 4) is 5.69 Å². The molecule has 4 aromatic rings. The zero-order valence-corrected chi connectivity index (χ0v) is 27.0. The normalized spacial score (nSPS) is 16.5. The van der Waals surface area contributed by atoms with E-state index in [4.69, 9.17) is 17.2 Å². The van der Waals surface area contributed by atoms with Crippen LogP contribution >= 0.6 is 12.2 Å². The minimum atomic E-state index is -0.145. The summed E-state index contributed by atoms with van der Waals surface area (Å²) >= 11 is 6.00. The number of carbonyl (C=O) groups is 1. The van der Waals surface area contributed by atoms with Crippen molar-refractivity contribution in [2.45, 2.75) is 60.5 Å². The second-order valence-corrected chi connectivity index (χ2v) is 11.9. The van der Waals surface area contributed by atoms with Crippen molar-refractivity contribution in [3.63, 3.8) is 0 Å². The number of hydrogen-bond donors (Lipinski definition) is 2. The topological polar surface area (TPSA) is 65.4 Å². The molecule has 2 aromatic heterocycles. The third kappa shape index (κ3) is 5.89. The second-order valence-electron chi connectivity index (χ2n) is 11.5. The Morgan fingerprint density at radius 1 is 1.00 bits per heavy atom. The summed E-state index contributed by atoms with van der Waals surface area (Å²) in [6.45, 7) is 16.5. The van der Waals surface area contributed by atoms with E-state index in [0.29, 0.717) is 5.11 Å². The third-order valence-corrected chi connectivity index (χ3v) is 8.71. The number of benzene rings is 2. The first-order valence-corrected chi connectivity index (χ1v) is 15.5. The fraction of sp³-hybridized carbons (Fsp3) is 0.343. The molecule has 1 amide bonds. The molecule has 7 nitrogen and oxygen atoms in total. The molecule has 1 fully saturated rings. The highest BCUT2D eigenvalue weighted by atomic mass is 32.1. The number of carbonyl (C=O) groups excluding carboxylic acids is 1. The van der Waals surface area contributed by atoms with Gasteiger partial charge in [-0.05, 0) is 119 Å². The van der Waals surface area contributed by atoms with Gasteiger partial charge in [-0.1, -0.05) is 19.9 Å². The molecule has 43 heavy (non-hydrogen) atoms. The molecule has 8 heteroatoms. The highest BCUT2D eigenvalue weighted by Gasteiger charge is 2.42. The van der Waals surface area contributed by atoms with E-state index >= 15 is 0 Å². The third-order valence-electron chi connectivity index (χ3n) is 8.39. The van der Waals surface area contributed by atoms with E-state index in [2.05, 4.69) is 95.2 Å². The van der Waals surface area contributed by atoms with Gasteiger partial charge in [0.15, 0.2) is 5.11 Å². The molecule has 0 aliphatic carbocycles. The summed E-state index contributed by atoms with van der Waals surface area (Å²) in [5.41, 5.74) is 9.55. The van der Waals surface area contributed by atoms with Crippen molar-refractivity contribution in [1.82, 2.24) is 14.9 Å². The molecule has 0 radical (unpaired) electrons. The van der Waals surface area contributed by atoms with E-state index in [-0.39, 0.29) is 23.9 Å². The molecular weight excluding hydrogens is 552 g/mol. The minimum Gasteiger partial charge on any atom is -0.372 e. The Labute approximate surface area is 260 Å². The Kier molecular flexibility index (Phi) is 8.87. The molecule has 2 atom stereocenters. The minimum absolute atomic E-state index is 0.000119. The molecule has 2 aromatic carbocycles. The Hall–Kier alpha value is -4.17. The van der Waals surface area contributed by atoms with Gasteiger partial charge in [-0.25, -0.2) is 0 Å². The summed E-state index contributed by atoms with van der Waals surface area (Å²) in [6.07, 6.45) is 1.83. The average Bonchev–Trinajstić information content (AvgIpc) is 3.50. The second kappa shape index (κ2) is 12.6. The zero-order valence-electron chi connectivity index (χ0n) is 26.2. The molecule has 224 valence electrons. The Balaban J connectivity index is 1.58. The number of aromatic nitrogens is 2. The lowest BCUT2D eigenvalue weighted by atomic mass is 9.96. The van der Waals surface area contributed by atoms with E-state index in [1.165, 1.54) is 11.3 Å². The van der Waals surface area contributed by atoms with Gasteiger partial charge >= 0.3 is 0 Å². The van der Waals surface area contributed by atoms with Crippen LogP contribution in [-0.4, -0.2) is 33.7 Å². The lowest BCUT2D eigenvalue weighted by molar-refractivity contribution is -0.118. The Morgan fingerprint density at radius 2 is 1.70 bits per heavy atom. The molecule has 0 spiro atoms. The van der Waals surface area contributed by atoms with Crippen LogP contribution in [0.5, 0.6) is 0 Å². The molecule has 1 aliphatic rings. The quantitative estimate of drug-likeness (QED) is 0.197. The number of pyridine rings is 1. The van der Waals surface area contributed by atoms with Gasteiger partial charge in [-0.3, -0.25) is 9.78 Å². The predicted octanol–water partition coefficient (Wildman–Crippen LogP) is 7.42.